The molecule has 0 heterocycles. The molecule has 0 bridgehead atoms. The Labute approximate surface area is 105 Å². The van der Waals surface area contributed by atoms with Crippen LogP contribution in [-0.2, 0) is 0 Å². The minimum Gasteiger partial charge on any atom is -0.496 e. The minimum absolute atomic E-state index is 0.141. The summed E-state index contributed by atoms with van der Waals surface area (Å²) in [5.74, 6) is 1.92. The highest BCUT2D eigenvalue weighted by Crippen LogP contribution is 2.24. The standard InChI is InChI=1S/C12H16O4S/c1-3-17-7-6-16-9-4-5-10(12(13)14)11(8-9)15-2/h4-5,8H,3,6-7H2,1-2H3,(H,13,14). The number of thioether (sulfide) groups is 1. The first-order valence-corrected chi connectivity index (χ1v) is 6.46. The van der Waals surface area contributed by atoms with E-state index >= 15 is 0 Å². The summed E-state index contributed by atoms with van der Waals surface area (Å²) in [6.45, 7) is 2.70. The minimum atomic E-state index is -1.00. The van der Waals surface area contributed by atoms with Crippen LogP contribution >= 0.6 is 11.8 Å². The molecule has 1 N–H and O–H groups in total. The van der Waals surface area contributed by atoms with E-state index < -0.39 is 5.97 Å². The number of aromatic carboxylic acids is 1. The van der Waals surface area contributed by atoms with Crippen LogP contribution in [-0.4, -0.2) is 36.3 Å². The van der Waals surface area contributed by atoms with Crippen LogP contribution < -0.4 is 9.47 Å². The van der Waals surface area contributed by atoms with Crippen LogP contribution in [0.25, 0.3) is 0 Å². The Hall–Kier alpha value is -1.36. The second kappa shape index (κ2) is 7.06. The zero-order valence-corrected chi connectivity index (χ0v) is 10.8. The second-order valence-corrected chi connectivity index (χ2v) is 4.61. The fourth-order valence-electron chi connectivity index (χ4n) is 1.30. The van der Waals surface area contributed by atoms with E-state index in [1.807, 2.05) is 0 Å². The molecular formula is C12H16O4S. The first kappa shape index (κ1) is 13.7. The molecule has 0 saturated heterocycles. The van der Waals surface area contributed by atoms with Gasteiger partial charge in [-0.2, -0.15) is 11.8 Å². The van der Waals surface area contributed by atoms with Gasteiger partial charge >= 0.3 is 5.97 Å². The van der Waals surface area contributed by atoms with Gasteiger partial charge in [-0.3, -0.25) is 0 Å². The van der Waals surface area contributed by atoms with E-state index in [1.54, 1.807) is 23.9 Å². The lowest BCUT2D eigenvalue weighted by molar-refractivity contribution is 0.0693. The summed E-state index contributed by atoms with van der Waals surface area (Å²) >= 11 is 1.79. The molecule has 0 fully saturated rings. The van der Waals surface area contributed by atoms with E-state index in [0.29, 0.717) is 18.1 Å². The van der Waals surface area contributed by atoms with Crippen molar-refractivity contribution in [2.24, 2.45) is 0 Å². The van der Waals surface area contributed by atoms with Gasteiger partial charge in [-0.25, -0.2) is 4.79 Å². The molecule has 1 aromatic rings. The summed E-state index contributed by atoms with van der Waals surface area (Å²) in [6.07, 6.45) is 0. The molecule has 0 spiro atoms. The summed E-state index contributed by atoms with van der Waals surface area (Å²) in [5, 5.41) is 8.91. The molecule has 0 saturated carbocycles. The molecule has 0 aromatic heterocycles. The van der Waals surface area contributed by atoms with Gasteiger partial charge in [0.2, 0.25) is 0 Å². The van der Waals surface area contributed by atoms with E-state index in [-0.39, 0.29) is 5.56 Å². The summed E-state index contributed by atoms with van der Waals surface area (Å²) in [7, 11) is 1.44. The van der Waals surface area contributed by atoms with Crippen molar-refractivity contribution >= 4 is 17.7 Å². The fraction of sp³-hybridized carbons (Fsp3) is 0.417. The number of methoxy groups -OCH3 is 1. The van der Waals surface area contributed by atoms with Gasteiger partial charge in [-0.15, -0.1) is 0 Å². The lowest BCUT2D eigenvalue weighted by atomic mass is 10.2. The monoisotopic (exact) mass is 256 g/mol. The maximum Gasteiger partial charge on any atom is 0.339 e. The Morgan fingerprint density at radius 2 is 2.24 bits per heavy atom. The summed E-state index contributed by atoms with van der Waals surface area (Å²) < 4.78 is 10.5. The van der Waals surface area contributed by atoms with E-state index in [0.717, 1.165) is 11.5 Å². The second-order valence-electron chi connectivity index (χ2n) is 3.21. The summed E-state index contributed by atoms with van der Waals surface area (Å²) in [5.41, 5.74) is 0.141. The predicted molar refractivity (Wildman–Crippen MR) is 68.4 cm³/mol. The van der Waals surface area contributed by atoms with Gasteiger partial charge < -0.3 is 14.6 Å². The number of rotatable bonds is 7. The molecule has 0 radical (unpaired) electrons. The molecule has 1 aromatic carbocycles. The van der Waals surface area contributed by atoms with Crippen molar-refractivity contribution in [2.75, 3.05) is 25.2 Å². The van der Waals surface area contributed by atoms with Crippen LogP contribution in [0.1, 0.15) is 17.3 Å². The quantitative estimate of drug-likeness (QED) is 0.760. The maximum absolute atomic E-state index is 10.9. The molecule has 0 aliphatic heterocycles. The summed E-state index contributed by atoms with van der Waals surface area (Å²) in [4.78, 5) is 10.9. The lowest BCUT2D eigenvalue weighted by Gasteiger charge is -2.09. The number of ether oxygens (including phenoxy) is 2. The Balaban J connectivity index is 2.66. The van der Waals surface area contributed by atoms with Crippen LogP contribution in [0.3, 0.4) is 0 Å². The molecule has 0 aliphatic carbocycles. The van der Waals surface area contributed by atoms with Gasteiger partial charge in [0.25, 0.3) is 0 Å². The Morgan fingerprint density at radius 3 is 2.82 bits per heavy atom. The number of carboxylic acids is 1. The SMILES string of the molecule is CCSCCOc1ccc(C(=O)O)c(OC)c1. The number of carbonyl (C=O) groups is 1. The molecule has 0 amide bonds. The molecule has 94 valence electrons. The third kappa shape index (κ3) is 4.19. The van der Waals surface area contributed by atoms with Gasteiger partial charge in [0.05, 0.1) is 13.7 Å². The third-order valence-electron chi connectivity index (χ3n) is 2.10. The first-order chi connectivity index (χ1) is 8.19. The van der Waals surface area contributed by atoms with E-state index in [2.05, 4.69) is 6.92 Å². The molecule has 4 nitrogen and oxygen atoms in total. The van der Waals surface area contributed by atoms with Gasteiger partial charge in [-0.05, 0) is 17.9 Å². The lowest BCUT2D eigenvalue weighted by Crippen LogP contribution is -2.03. The third-order valence-corrected chi connectivity index (χ3v) is 2.97. The smallest absolute Gasteiger partial charge is 0.339 e. The fourth-order valence-corrected chi connectivity index (χ4v) is 1.79. The zero-order chi connectivity index (χ0) is 12.7. The Kier molecular flexibility index (Phi) is 5.69. The highest BCUT2D eigenvalue weighted by atomic mass is 32.2. The van der Waals surface area contributed by atoms with Crippen LogP contribution in [0.15, 0.2) is 18.2 Å². The van der Waals surface area contributed by atoms with Crippen molar-refractivity contribution in [1.29, 1.82) is 0 Å². The summed E-state index contributed by atoms with van der Waals surface area (Å²) in [6, 6.07) is 4.73. The largest absolute Gasteiger partial charge is 0.496 e. The average molecular weight is 256 g/mol. The average Bonchev–Trinajstić information content (AvgIpc) is 2.34. The molecule has 5 heteroatoms. The number of hydrogen-bond acceptors (Lipinski definition) is 4. The van der Waals surface area contributed by atoms with Crippen molar-refractivity contribution in [2.45, 2.75) is 6.92 Å². The van der Waals surface area contributed by atoms with Gasteiger partial charge in [-0.1, -0.05) is 6.92 Å². The van der Waals surface area contributed by atoms with Gasteiger partial charge in [0.15, 0.2) is 0 Å². The maximum atomic E-state index is 10.9. The highest BCUT2D eigenvalue weighted by molar-refractivity contribution is 7.99. The van der Waals surface area contributed by atoms with Crippen LogP contribution in [0.4, 0.5) is 0 Å². The molecule has 0 unspecified atom stereocenters. The van der Waals surface area contributed by atoms with E-state index in [1.165, 1.54) is 13.2 Å². The molecule has 0 atom stereocenters. The molecule has 1 rings (SSSR count). The van der Waals surface area contributed by atoms with Gasteiger partial charge in [0.1, 0.15) is 17.1 Å². The molecular weight excluding hydrogens is 240 g/mol. The van der Waals surface area contributed by atoms with Crippen LogP contribution in [0.2, 0.25) is 0 Å². The van der Waals surface area contributed by atoms with E-state index in [4.69, 9.17) is 14.6 Å². The molecule has 0 aliphatic rings. The first-order valence-electron chi connectivity index (χ1n) is 5.31. The van der Waals surface area contributed by atoms with Crippen LogP contribution in [0, 0.1) is 0 Å². The Bertz CT molecular complexity index is 379. The number of hydrogen-bond donors (Lipinski definition) is 1. The van der Waals surface area contributed by atoms with Crippen LogP contribution in [0.5, 0.6) is 11.5 Å². The molecule has 17 heavy (non-hydrogen) atoms. The van der Waals surface area contributed by atoms with Crippen molar-refractivity contribution in [3.05, 3.63) is 23.8 Å². The van der Waals surface area contributed by atoms with Crippen molar-refractivity contribution < 1.29 is 19.4 Å². The topological polar surface area (TPSA) is 55.8 Å². The highest BCUT2D eigenvalue weighted by Gasteiger charge is 2.11. The number of carboxylic acid groups (broad SMARTS) is 1. The zero-order valence-electron chi connectivity index (χ0n) is 9.93. The predicted octanol–water partition coefficient (Wildman–Crippen LogP) is 2.53. The normalized spacial score (nSPS) is 10.0. The van der Waals surface area contributed by atoms with Crippen molar-refractivity contribution in [1.82, 2.24) is 0 Å². The van der Waals surface area contributed by atoms with E-state index in [9.17, 15) is 4.79 Å². The van der Waals surface area contributed by atoms with Gasteiger partial charge in [0, 0.05) is 11.8 Å². The van der Waals surface area contributed by atoms with Crippen molar-refractivity contribution in [3.63, 3.8) is 0 Å². The number of benzene rings is 1. The van der Waals surface area contributed by atoms with Crippen molar-refractivity contribution in [3.8, 4) is 11.5 Å². The Morgan fingerprint density at radius 1 is 1.47 bits per heavy atom.